The van der Waals surface area contributed by atoms with Gasteiger partial charge in [-0.05, 0) is 84.9 Å². The lowest BCUT2D eigenvalue weighted by molar-refractivity contribution is 0.669. The summed E-state index contributed by atoms with van der Waals surface area (Å²) in [6.07, 6.45) is 4.06. The molecule has 0 saturated carbocycles. The molecule has 7 rings (SSSR count). The van der Waals surface area contributed by atoms with E-state index in [9.17, 15) is 10.5 Å². The summed E-state index contributed by atoms with van der Waals surface area (Å²) in [5.41, 5.74) is 7.13. The highest BCUT2D eigenvalue weighted by Crippen LogP contribution is 2.34. The Labute approximate surface area is 199 Å². The van der Waals surface area contributed by atoms with Crippen molar-refractivity contribution in [1.82, 2.24) is 9.13 Å². The van der Waals surface area contributed by atoms with Crippen LogP contribution in [-0.4, -0.2) is 9.13 Å². The van der Waals surface area contributed by atoms with Crippen LogP contribution in [-0.2, 0) is 0 Å². The summed E-state index contributed by atoms with van der Waals surface area (Å²) in [6.45, 7) is 0. The summed E-state index contributed by atoms with van der Waals surface area (Å²) < 4.78 is 10.4. The van der Waals surface area contributed by atoms with Crippen molar-refractivity contribution in [1.29, 1.82) is 10.5 Å². The molecule has 5 nitrogen and oxygen atoms in total. The summed E-state index contributed by atoms with van der Waals surface area (Å²) in [6, 6.07) is 32.4. The van der Waals surface area contributed by atoms with Crippen molar-refractivity contribution < 1.29 is 4.42 Å². The zero-order valence-electron chi connectivity index (χ0n) is 18.4. The first-order chi connectivity index (χ1) is 17.2. The quantitative estimate of drug-likeness (QED) is 0.280. The van der Waals surface area contributed by atoms with E-state index in [0.29, 0.717) is 11.1 Å². The first kappa shape index (κ1) is 19.2. The van der Waals surface area contributed by atoms with E-state index in [2.05, 4.69) is 45.5 Å². The molecule has 0 radical (unpaired) electrons. The van der Waals surface area contributed by atoms with Crippen molar-refractivity contribution in [3.05, 3.63) is 108 Å². The van der Waals surface area contributed by atoms with Crippen LogP contribution in [0.5, 0.6) is 0 Å². The average molecular weight is 448 g/mol. The summed E-state index contributed by atoms with van der Waals surface area (Å²) >= 11 is 0. The minimum atomic E-state index is 0.653. The zero-order valence-corrected chi connectivity index (χ0v) is 18.4. The van der Waals surface area contributed by atoms with E-state index in [1.165, 1.54) is 0 Å². The Morgan fingerprint density at radius 2 is 1.03 bits per heavy atom. The molecule has 0 aliphatic heterocycles. The number of nitriles is 2. The Balaban J connectivity index is 1.40. The van der Waals surface area contributed by atoms with Crippen LogP contribution in [0.15, 0.2) is 102 Å². The minimum Gasteiger partial charge on any atom is -0.456 e. The maximum atomic E-state index is 9.21. The SMILES string of the molecule is N#Cc1ccc2c(ccn2-c2ccc3oc4ccc(-n5ccc6cc(C#N)ccc65)cc4c3c2)c1. The Morgan fingerprint density at radius 1 is 0.543 bits per heavy atom. The third kappa shape index (κ3) is 2.86. The summed E-state index contributed by atoms with van der Waals surface area (Å²) in [5, 5.41) is 22.6. The number of hydrogen-bond donors (Lipinski definition) is 0. The number of hydrogen-bond acceptors (Lipinski definition) is 3. The Morgan fingerprint density at radius 3 is 1.49 bits per heavy atom. The lowest BCUT2D eigenvalue weighted by atomic mass is 10.1. The van der Waals surface area contributed by atoms with E-state index in [0.717, 1.165) is 55.1 Å². The zero-order chi connectivity index (χ0) is 23.5. The van der Waals surface area contributed by atoms with Crippen molar-refractivity contribution in [2.24, 2.45) is 0 Å². The molecule has 5 heteroatoms. The van der Waals surface area contributed by atoms with E-state index < -0.39 is 0 Å². The lowest BCUT2D eigenvalue weighted by Gasteiger charge is -2.07. The van der Waals surface area contributed by atoms with E-state index in [-0.39, 0.29) is 0 Å². The molecule has 0 aliphatic rings. The second-order valence-corrected chi connectivity index (χ2v) is 8.61. The Kier molecular flexibility index (Phi) is 3.91. The molecule has 162 valence electrons. The summed E-state index contributed by atoms with van der Waals surface area (Å²) in [7, 11) is 0. The molecule has 7 aromatic rings. The van der Waals surface area contributed by atoms with Crippen LogP contribution in [0, 0.1) is 22.7 Å². The minimum absolute atomic E-state index is 0.653. The van der Waals surface area contributed by atoms with Gasteiger partial charge in [0.25, 0.3) is 0 Å². The molecule has 0 atom stereocenters. The normalized spacial score (nSPS) is 11.4. The maximum Gasteiger partial charge on any atom is 0.135 e. The predicted molar refractivity (Wildman–Crippen MR) is 137 cm³/mol. The molecular formula is C30H16N4O. The van der Waals surface area contributed by atoms with Gasteiger partial charge in [-0.25, -0.2) is 0 Å². The van der Waals surface area contributed by atoms with Gasteiger partial charge < -0.3 is 13.6 Å². The second kappa shape index (κ2) is 7.12. The molecule has 0 unspecified atom stereocenters. The molecular weight excluding hydrogens is 432 g/mol. The fourth-order valence-corrected chi connectivity index (χ4v) is 4.93. The van der Waals surface area contributed by atoms with Gasteiger partial charge in [0.05, 0.1) is 34.3 Å². The van der Waals surface area contributed by atoms with Gasteiger partial charge in [-0.2, -0.15) is 10.5 Å². The van der Waals surface area contributed by atoms with Crippen LogP contribution < -0.4 is 0 Å². The molecule has 0 aliphatic carbocycles. The smallest absolute Gasteiger partial charge is 0.135 e. The molecule has 35 heavy (non-hydrogen) atoms. The molecule has 3 heterocycles. The van der Waals surface area contributed by atoms with Gasteiger partial charge in [-0.1, -0.05) is 0 Å². The number of rotatable bonds is 2. The largest absolute Gasteiger partial charge is 0.456 e. The fraction of sp³-hybridized carbons (Fsp3) is 0. The second-order valence-electron chi connectivity index (χ2n) is 8.61. The monoisotopic (exact) mass is 448 g/mol. The van der Waals surface area contributed by atoms with Crippen molar-refractivity contribution in [2.45, 2.75) is 0 Å². The molecule has 0 saturated heterocycles. The van der Waals surface area contributed by atoms with Gasteiger partial charge in [0, 0.05) is 45.3 Å². The number of furan rings is 1. The van der Waals surface area contributed by atoms with Crippen LogP contribution in [0.2, 0.25) is 0 Å². The molecule has 4 aromatic carbocycles. The standard InChI is InChI=1S/C30H16N4O/c31-17-19-1-5-27-21(13-19)9-11-33(27)23-3-7-29-25(15-23)26-16-24(4-8-30(26)35-29)34-12-10-22-14-20(18-32)2-6-28(22)34/h1-16H. The van der Waals surface area contributed by atoms with Crippen LogP contribution in [0.1, 0.15) is 11.1 Å². The average Bonchev–Trinajstić information content (AvgIpc) is 3.61. The van der Waals surface area contributed by atoms with Crippen molar-refractivity contribution in [3.8, 4) is 23.5 Å². The molecule has 0 N–H and O–H groups in total. The lowest BCUT2D eigenvalue weighted by Crippen LogP contribution is -1.92. The van der Waals surface area contributed by atoms with E-state index in [4.69, 9.17) is 4.42 Å². The van der Waals surface area contributed by atoms with Crippen LogP contribution in [0.3, 0.4) is 0 Å². The molecule has 3 aromatic heterocycles. The topological polar surface area (TPSA) is 70.6 Å². The van der Waals surface area contributed by atoms with Crippen molar-refractivity contribution in [3.63, 3.8) is 0 Å². The number of aromatic nitrogens is 2. The predicted octanol–water partition coefficient (Wildman–Crippen LogP) is 7.22. The maximum absolute atomic E-state index is 9.21. The van der Waals surface area contributed by atoms with E-state index in [1.54, 1.807) is 0 Å². The highest BCUT2D eigenvalue weighted by Gasteiger charge is 2.12. The summed E-state index contributed by atoms with van der Waals surface area (Å²) in [5.74, 6) is 0. The van der Waals surface area contributed by atoms with Crippen LogP contribution >= 0.6 is 0 Å². The number of nitrogens with zero attached hydrogens (tertiary/aromatic N) is 4. The van der Waals surface area contributed by atoms with E-state index >= 15 is 0 Å². The summed E-state index contributed by atoms with van der Waals surface area (Å²) in [4.78, 5) is 0. The van der Waals surface area contributed by atoms with Crippen molar-refractivity contribution in [2.75, 3.05) is 0 Å². The fourth-order valence-electron chi connectivity index (χ4n) is 4.93. The Hall–Kier alpha value is -5.26. The van der Waals surface area contributed by atoms with Crippen LogP contribution in [0.4, 0.5) is 0 Å². The van der Waals surface area contributed by atoms with Gasteiger partial charge in [0.1, 0.15) is 11.2 Å². The first-order valence-electron chi connectivity index (χ1n) is 11.2. The third-order valence-electron chi connectivity index (χ3n) is 6.63. The number of benzene rings is 4. The highest BCUT2D eigenvalue weighted by molar-refractivity contribution is 6.06. The van der Waals surface area contributed by atoms with Gasteiger partial charge >= 0.3 is 0 Å². The molecule has 0 bridgehead atoms. The molecule has 0 spiro atoms. The van der Waals surface area contributed by atoms with Gasteiger partial charge in [0.15, 0.2) is 0 Å². The highest BCUT2D eigenvalue weighted by atomic mass is 16.3. The Bertz CT molecular complexity index is 1890. The van der Waals surface area contributed by atoms with Crippen molar-refractivity contribution >= 4 is 43.7 Å². The molecule has 0 amide bonds. The molecule has 0 fully saturated rings. The third-order valence-corrected chi connectivity index (χ3v) is 6.63. The van der Waals surface area contributed by atoms with Gasteiger partial charge in [0.2, 0.25) is 0 Å². The van der Waals surface area contributed by atoms with Gasteiger partial charge in [-0.15, -0.1) is 0 Å². The first-order valence-corrected chi connectivity index (χ1v) is 11.2. The van der Waals surface area contributed by atoms with Crippen LogP contribution in [0.25, 0.3) is 55.1 Å². The van der Waals surface area contributed by atoms with E-state index in [1.807, 2.05) is 73.1 Å². The number of fused-ring (bicyclic) bond motifs is 5. The van der Waals surface area contributed by atoms with Gasteiger partial charge in [-0.3, -0.25) is 0 Å².